The van der Waals surface area contributed by atoms with Crippen molar-refractivity contribution >= 4 is 21.6 Å². The summed E-state index contributed by atoms with van der Waals surface area (Å²) in [7, 11) is -1.92. The van der Waals surface area contributed by atoms with E-state index in [4.69, 9.17) is 4.74 Å². The second-order valence-electron chi connectivity index (χ2n) is 7.39. The summed E-state index contributed by atoms with van der Waals surface area (Å²) in [6, 6.07) is 14.6. The van der Waals surface area contributed by atoms with E-state index in [0.717, 1.165) is 23.3 Å². The van der Waals surface area contributed by atoms with Crippen molar-refractivity contribution in [1.82, 2.24) is 14.9 Å². The van der Waals surface area contributed by atoms with Gasteiger partial charge in [0.05, 0.1) is 24.7 Å². The number of anilines is 1. The molecular formula is C23H28N4O4S. The number of methoxy groups -OCH3 is 1. The van der Waals surface area contributed by atoms with Gasteiger partial charge in [-0.15, -0.1) is 0 Å². The topological polar surface area (TPSA) is 93.5 Å². The fourth-order valence-electron chi connectivity index (χ4n) is 3.43. The number of imidazole rings is 1. The number of carbonyl (C=O) groups is 1. The quantitative estimate of drug-likeness (QED) is 0.506. The molecule has 1 N–H and O–H groups in total. The van der Waals surface area contributed by atoms with Crippen LogP contribution in [0.1, 0.15) is 24.2 Å². The van der Waals surface area contributed by atoms with E-state index in [0.29, 0.717) is 24.4 Å². The average molecular weight is 457 g/mol. The van der Waals surface area contributed by atoms with Crippen LogP contribution < -0.4 is 14.4 Å². The zero-order valence-electron chi connectivity index (χ0n) is 18.5. The van der Waals surface area contributed by atoms with Crippen molar-refractivity contribution in [3.8, 4) is 11.4 Å². The van der Waals surface area contributed by atoms with Crippen LogP contribution in [0.25, 0.3) is 5.69 Å². The number of benzene rings is 2. The van der Waals surface area contributed by atoms with Crippen LogP contribution >= 0.6 is 0 Å². The number of hydrogen-bond donors (Lipinski definition) is 1. The summed E-state index contributed by atoms with van der Waals surface area (Å²) in [5, 5.41) is 2.93. The van der Waals surface area contributed by atoms with Crippen molar-refractivity contribution in [1.29, 1.82) is 0 Å². The maximum atomic E-state index is 12.4. The zero-order chi connectivity index (χ0) is 23.1. The van der Waals surface area contributed by atoms with E-state index in [9.17, 15) is 13.2 Å². The number of para-hydroxylation sites is 1. The van der Waals surface area contributed by atoms with Crippen molar-refractivity contribution in [2.24, 2.45) is 0 Å². The SMILES string of the molecule is COc1ccc(N(CCCC(=O)NCc2ccccc2-n2ccnc2C)S(C)(=O)=O)cc1. The molecule has 2 aromatic carbocycles. The molecule has 0 aliphatic carbocycles. The predicted molar refractivity (Wildman–Crippen MR) is 125 cm³/mol. The fourth-order valence-corrected chi connectivity index (χ4v) is 4.39. The van der Waals surface area contributed by atoms with Crippen molar-refractivity contribution in [3.05, 3.63) is 72.3 Å². The van der Waals surface area contributed by atoms with Crippen LogP contribution in [0.4, 0.5) is 5.69 Å². The third-order valence-electron chi connectivity index (χ3n) is 5.08. The predicted octanol–water partition coefficient (Wildman–Crippen LogP) is 3.05. The summed E-state index contributed by atoms with van der Waals surface area (Å²) in [5.74, 6) is 1.38. The molecule has 0 saturated carbocycles. The van der Waals surface area contributed by atoms with Crippen LogP contribution in [0, 0.1) is 6.92 Å². The number of amides is 1. The zero-order valence-corrected chi connectivity index (χ0v) is 19.3. The lowest BCUT2D eigenvalue weighted by molar-refractivity contribution is -0.121. The smallest absolute Gasteiger partial charge is 0.232 e. The van der Waals surface area contributed by atoms with Gasteiger partial charge in [0.1, 0.15) is 11.6 Å². The van der Waals surface area contributed by atoms with Crippen molar-refractivity contribution < 1.29 is 17.9 Å². The minimum absolute atomic E-state index is 0.134. The van der Waals surface area contributed by atoms with E-state index in [2.05, 4.69) is 10.3 Å². The number of carbonyl (C=O) groups excluding carboxylic acids is 1. The lowest BCUT2D eigenvalue weighted by atomic mass is 10.1. The first-order valence-corrected chi connectivity index (χ1v) is 12.1. The lowest BCUT2D eigenvalue weighted by Crippen LogP contribution is -2.32. The van der Waals surface area contributed by atoms with Crippen LogP contribution in [-0.2, 0) is 21.4 Å². The van der Waals surface area contributed by atoms with Gasteiger partial charge in [0.2, 0.25) is 15.9 Å². The van der Waals surface area contributed by atoms with E-state index in [1.54, 1.807) is 37.6 Å². The van der Waals surface area contributed by atoms with Crippen molar-refractivity contribution in [3.63, 3.8) is 0 Å². The summed E-state index contributed by atoms with van der Waals surface area (Å²) in [4.78, 5) is 16.7. The molecule has 0 spiro atoms. The molecule has 32 heavy (non-hydrogen) atoms. The third kappa shape index (κ3) is 5.88. The van der Waals surface area contributed by atoms with Crippen LogP contribution in [0.15, 0.2) is 60.9 Å². The molecule has 3 rings (SSSR count). The van der Waals surface area contributed by atoms with E-state index in [1.165, 1.54) is 4.31 Å². The Morgan fingerprint density at radius 1 is 1.16 bits per heavy atom. The molecule has 0 saturated heterocycles. The number of aryl methyl sites for hydroxylation is 1. The summed E-state index contributed by atoms with van der Waals surface area (Å²) >= 11 is 0. The Hall–Kier alpha value is -3.33. The molecule has 0 bridgehead atoms. The highest BCUT2D eigenvalue weighted by Gasteiger charge is 2.18. The molecule has 0 atom stereocenters. The van der Waals surface area contributed by atoms with Crippen LogP contribution in [0.5, 0.6) is 5.75 Å². The lowest BCUT2D eigenvalue weighted by Gasteiger charge is -2.22. The highest BCUT2D eigenvalue weighted by molar-refractivity contribution is 7.92. The molecule has 1 amide bonds. The molecule has 0 fully saturated rings. The van der Waals surface area contributed by atoms with Crippen LogP contribution in [0.3, 0.4) is 0 Å². The molecular weight excluding hydrogens is 428 g/mol. The molecule has 0 radical (unpaired) electrons. The Kier molecular flexibility index (Phi) is 7.53. The number of ether oxygens (including phenoxy) is 1. The normalized spacial score (nSPS) is 11.2. The number of sulfonamides is 1. The van der Waals surface area contributed by atoms with Crippen LogP contribution in [-0.4, -0.2) is 43.8 Å². The summed E-state index contributed by atoms with van der Waals surface area (Å²) in [6.07, 6.45) is 5.39. The molecule has 9 heteroatoms. The van der Waals surface area contributed by atoms with E-state index < -0.39 is 10.0 Å². The van der Waals surface area contributed by atoms with Gasteiger partial charge in [0.25, 0.3) is 0 Å². The number of aromatic nitrogens is 2. The highest BCUT2D eigenvalue weighted by atomic mass is 32.2. The Morgan fingerprint density at radius 3 is 2.50 bits per heavy atom. The number of nitrogens with one attached hydrogen (secondary N) is 1. The Morgan fingerprint density at radius 2 is 1.88 bits per heavy atom. The second-order valence-corrected chi connectivity index (χ2v) is 9.29. The second kappa shape index (κ2) is 10.3. The minimum Gasteiger partial charge on any atom is -0.497 e. The molecule has 0 aliphatic rings. The van der Waals surface area contributed by atoms with E-state index in [1.807, 2.05) is 42.0 Å². The third-order valence-corrected chi connectivity index (χ3v) is 6.27. The molecule has 3 aromatic rings. The highest BCUT2D eigenvalue weighted by Crippen LogP contribution is 2.22. The summed E-state index contributed by atoms with van der Waals surface area (Å²) < 4.78 is 32.9. The maximum Gasteiger partial charge on any atom is 0.232 e. The van der Waals surface area contributed by atoms with Gasteiger partial charge in [0, 0.05) is 31.9 Å². The number of rotatable bonds is 10. The molecule has 0 aliphatic heterocycles. The molecule has 1 heterocycles. The minimum atomic E-state index is -3.47. The molecule has 1 aromatic heterocycles. The maximum absolute atomic E-state index is 12.4. The Bertz CT molecular complexity index is 1160. The van der Waals surface area contributed by atoms with E-state index in [-0.39, 0.29) is 18.9 Å². The van der Waals surface area contributed by atoms with Gasteiger partial charge in [-0.1, -0.05) is 18.2 Å². The molecule has 170 valence electrons. The first-order chi connectivity index (χ1) is 15.3. The molecule has 0 unspecified atom stereocenters. The van der Waals surface area contributed by atoms with Gasteiger partial charge in [-0.25, -0.2) is 13.4 Å². The van der Waals surface area contributed by atoms with Gasteiger partial charge in [-0.2, -0.15) is 0 Å². The van der Waals surface area contributed by atoms with Gasteiger partial charge in [-0.05, 0) is 49.2 Å². The van der Waals surface area contributed by atoms with Crippen molar-refractivity contribution in [2.75, 3.05) is 24.2 Å². The van der Waals surface area contributed by atoms with Crippen molar-refractivity contribution in [2.45, 2.75) is 26.3 Å². The number of nitrogens with zero attached hydrogens (tertiary/aromatic N) is 3. The Balaban J connectivity index is 1.57. The van der Waals surface area contributed by atoms with Gasteiger partial charge in [-0.3, -0.25) is 9.10 Å². The van der Waals surface area contributed by atoms with Gasteiger partial charge >= 0.3 is 0 Å². The van der Waals surface area contributed by atoms with Gasteiger partial charge in [0.15, 0.2) is 0 Å². The fraction of sp³-hybridized carbons (Fsp3) is 0.304. The largest absolute Gasteiger partial charge is 0.497 e. The number of hydrogen-bond acceptors (Lipinski definition) is 5. The first kappa shape index (κ1) is 23.3. The summed E-state index contributed by atoms with van der Waals surface area (Å²) in [5.41, 5.74) is 2.47. The standard InChI is InChI=1S/C23H28N4O4S/c1-18-24-14-16-26(18)22-8-5-4-7-19(22)17-25-23(28)9-6-15-27(32(3,29)30)20-10-12-21(31-2)13-11-20/h4-5,7-8,10-14,16H,6,9,15,17H2,1-3H3,(H,25,28). The molecule has 8 nitrogen and oxygen atoms in total. The first-order valence-electron chi connectivity index (χ1n) is 10.3. The van der Waals surface area contributed by atoms with Crippen LogP contribution in [0.2, 0.25) is 0 Å². The average Bonchev–Trinajstić information content (AvgIpc) is 3.20. The summed E-state index contributed by atoms with van der Waals surface area (Å²) in [6.45, 7) is 2.51. The Labute approximate surface area is 188 Å². The van der Waals surface area contributed by atoms with E-state index >= 15 is 0 Å². The monoisotopic (exact) mass is 456 g/mol. The van der Waals surface area contributed by atoms with Gasteiger partial charge < -0.3 is 14.6 Å².